The van der Waals surface area contributed by atoms with Crippen molar-refractivity contribution in [2.75, 3.05) is 6.61 Å². The molecule has 15 heavy (non-hydrogen) atoms. The number of aromatic nitrogens is 4. The largest absolute Gasteiger partial charge is 0.370 e. The molecule has 1 aliphatic rings. The molecule has 1 fully saturated rings. The number of hydrogen-bond acceptors (Lipinski definition) is 4. The van der Waals surface area contributed by atoms with Gasteiger partial charge in [0.05, 0.1) is 6.20 Å². The molecule has 0 aromatic carbocycles. The van der Waals surface area contributed by atoms with Crippen molar-refractivity contribution in [2.45, 2.75) is 18.9 Å². The maximum atomic E-state index is 11.6. The Morgan fingerprint density at radius 2 is 2.53 bits per heavy atom. The van der Waals surface area contributed by atoms with Gasteiger partial charge in [0.25, 0.3) is 5.56 Å². The fraction of sp³-hybridized carbons (Fsp3) is 0.444. The van der Waals surface area contributed by atoms with Gasteiger partial charge in [-0.2, -0.15) is 5.10 Å². The lowest BCUT2D eigenvalue weighted by Crippen LogP contribution is -2.17. The number of ether oxygens (including phenoxy) is 1. The highest BCUT2D eigenvalue weighted by molar-refractivity contribution is 5.39. The standard InChI is InChI=1S/C9H10N4O2/c14-9-6-4-10-5-13(6)12-8(11-9)7-2-1-3-15-7/h4-5,7H,1-3H2,(H,11,12,14)/t7-/m0/s1. The molecule has 0 radical (unpaired) electrons. The van der Waals surface area contributed by atoms with Crippen molar-refractivity contribution in [3.8, 4) is 0 Å². The highest BCUT2D eigenvalue weighted by atomic mass is 16.5. The van der Waals surface area contributed by atoms with Gasteiger partial charge in [0.1, 0.15) is 17.9 Å². The van der Waals surface area contributed by atoms with Crippen LogP contribution in [-0.2, 0) is 4.74 Å². The average Bonchev–Trinajstić information content (AvgIpc) is 2.88. The third kappa shape index (κ3) is 1.33. The molecule has 6 heteroatoms. The van der Waals surface area contributed by atoms with Crippen molar-refractivity contribution in [3.63, 3.8) is 0 Å². The van der Waals surface area contributed by atoms with Crippen LogP contribution in [-0.4, -0.2) is 26.2 Å². The Morgan fingerprint density at radius 3 is 3.33 bits per heavy atom. The van der Waals surface area contributed by atoms with E-state index in [-0.39, 0.29) is 11.7 Å². The molecule has 1 saturated heterocycles. The van der Waals surface area contributed by atoms with Gasteiger partial charge in [-0.25, -0.2) is 9.50 Å². The first-order valence-electron chi connectivity index (χ1n) is 4.89. The van der Waals surface area contributed by atoms with Gasteiger partial charge in [-0.3, -0.25) is 4.79 Å². The van der Waals surface area contributed by atoms with Crippen molar-refractivity contribution in [1.82, 2.24) is 19.6 Å². The summed E-state index contributed by atoms with van der Waals surface area (Å²) in [6.45, 7) is 0.732. The van der Waals surface area contributed by atoms with Gasteiger partial charge in [-0.1, -0.05) is 0 Å². The van der Waals surface area contributed by atoms with Gasteiger partial charge in [0.15, 0.2) is 5.82 Å². The van der Waals surface area contributed by atoms with Crippen LogP contribution in [0.2, 0.25) is 0 Å². The molecular formula is C9H10N4O2. The number of nitrogens with one attached hydrogen (secondary N) is 1. The lowest BCUT2D eigenvalue weighted by Gasteiger charge is -2.07. The fourth-order valence-corrected chi connectivity index (χ4v) is 1.79. The minimum Gasteiger partial charge on any atom is -0.370 e. The van der Waals surface area contributed by atoms with E-state index < -0.39 is 0 Å². The van der Waals surface area contributed by atoms with Crippen LogP contribution in [0.4, 0.5) is 0 Å². The second kappa shape index (κ2) is 3.16. The van der Waals surface area contributed by atoms with Crippen molar-refractivity contribution < 1.29 is 4.74 Å². The maximum Gasteiger partial charge on any atom is 0.277 e. The highest BCUT2D eigenvalue weighted by Gasteiger charge is 2.21. The molecule has 0 unspecified atom stereocenters. The Kier molecular flexibility index (Phi) is 1.81. The van der Waals surface area contributed by atoms with Crippen LogP contribution >= 0.6 is 0 Å². The van der Waals surface area contributed by atoms with E-state index in [4.69, 9.17) is 4.74 Å². The van der Waals surface area contributed by atoms with E-state index in [1.807, 2.05) is 0 Å². The van der Waals surface area contributed by atoms with Crippen LogP contribution in [0.5, 0.6) is 0 Å². The molecule has 0 spiro atoms. The first-order valence-corrected chi connectivity index (χ1v) is 4.89. The lowest BCUT2D eigenvalue weighted by molar-refractivity contribution is 0.103. The molecule has 3 heterocycles. The van der Waals surface area contributed by atoms with Crippen molar-refractivity contribution in [1.29, 1.82) is 0 Å². The third-order valence-electron chi connectivity index (χ3n) is 2.54. The van der Waals surface area contributed by atoms with Gasteiger partial charge in [-0.05, 0) is 12.8 Å². The lowest BCUT2D eigenvalue weighted by atomic mass is 10.2. The molecule has 2 aromatic rings. The summed E-state index contributed by atoms with van der Waals surface area (Å²) < 4.78 is 6.94. The van der Waals surface area contributed by atoms with E-state index in [0.29, 0.717) is 11.3 Å². The minimum atomic E-state index is -0.173. The van der Waals surface area contributed by atoms with Gasteiger partial charge in [0.2, 0.25) is 0 Å². The first kappa shape index (κ1) is 8.60. The summed E-state index contributed by atoms with van der Waals surface area (Å²) >= 11 is 0. The van der Waals surface area contributed by atoms with Crippen molar-refractivity contribution >= 4 is 5.52 Å². The molecule has 1 N–H and O–H groups in total. The summed E-state index contributed by atoms with van der Waals surface area (Å²) in [5, 5.41) is 4.25. The van der Waals surface area contributed by atoms with Crippen LogP contribution in [0, 0.1) is 0 Å². The molecule has 0 amide bonds. The Labute approximate surface area is 84.9 Å². The number of aromatic amines is 1. The number of hydrogen-bond donors (Lipinski definition) is 1. The van der Waals surface area contributed by atoms with E-state index in [9.17, 15) is 4.79 Å². The summed E-state index contributed by atoms with van der Waals surface area (Å²) in [6.07, 6.45) is 4.85. The van der Waals surface area contributed by atoms with E-state index in [2.05, 4.69) is 15.1 Å². The molecule has 1 aliphatic heterocycles. The molecule has 0 bridgehead atoms. The van der Waals surface area contributed by atoms with Crippen LogP contribution in [0.3, 0.4) is 0 Å². The predicted molar refractivity (Wildman–Crippen MR) is 51.5 cm³/mol. The summed E-state index contributed by atoms with van der Waals surface area (Å²) in [6, 6.07) is 0. The van der Waals surface area contributed by atoms with Crippen LogP contribution in [0.25, 0.3) is 5.52 Å². The highest BCUT2D eigenvalue weighted by Crippen LogP contribution is 2.24. The number of H-pyrrole nitrogens is 1. The van der Waals surface area contributed by atoms with Gasteiger partial charge >= 0.3 is 0 Å². The quantitative estimate of drug-likeness (QED) is 0.726. The minimum absolute atomic E-state index is 0.0792. The third-order valence-corrected chi connectivity index (χ3v) is 2.54. The van der Waals surface area contributed by atoms with Crippen molar-refractivity contribution in [3.05, 3.63) is 28.7 Å². The Hall–Kier alpha value is -1.69. The molecular weight excluding hydrogens is 196 g/mol. The van der Waals surface area contributed by atoms with Gasteiger partial charge in [0, 0.05) is 6.61 Å². The zero-order valence-electron chi connectivity index (χ0n) is 8.01. The van der Waals surface area contributed by atoms with E-state index in [1.54, 1.807) is 0 Å². The average molecular weight is 206 g/mol. The molecule has 6 nitrogen and oxygen atoms in total. The van der Waals surface area contributed by atoms with Crippen LogP contribution in [0.1, 0.15) is 24.8 Å². The summed E-state index contributed by atoms with van der Waals surface area (Å²) in [5.74, 6) is 0.586. The summed E-state index contributed by atoms with van der Waals surface area (Å²) in [4.78, 5) is 18.2. The number of rotatable bonds is 1. The number of fused-ring (bicyclic) bond motifs is 1. The summed E-state index contributed by atoms with van der Waals surface area (Å²) in [5.41, 5.74) is 0.282. The van der Waals surface area contributed by atoms with Crippen LogP contribution in [0.15, 0.2) is 17.3 Å². The molecule has 3 rings (SSSR count). The Morgan fingerprint density at radius 1 is 1.60 bits per heavy atom. The van der Waals surface area contributed by atoms with Gasteiger partial charge < -0.3 is 9.72 Å². The second-order valence-electron chi connectivity index (χ2n) is 3.56. The predicted octanol–water partition coefficient (Wildman–Crippen LogP) is 0.269. The van der Waals surface area contributed by atoms with E-state index in [1.165, 1.54) is 17.0 Å². The zero-order valence-corrected chi connectivity index (χ0v) is 8.01. The first-order chi connectivity index (χ1) is 7.34. The fourth-order valence-electron chi connectivity index (χ4n) is 1.79. The van der Waals surface area contributed by atoms with E-state index in [0.717, 1.165) is 19.4 Å². The molecule has 78 valence electrons. The Bertz CT molecular complexity index is 538. The number of nitrogens with zero attached hydrogens (tertiary/aromatic N) is 3. The monoisotopic (exact) mass is 206 g/mol. The molecule has 0 aliphatic carbocycles. The van der Waals surface area contributed by atoms with E-state index >= 15 is 0 Å². The van der Waals surface area contributed by atoms with Gasteiger partial charge in [-0.15, -0.1) is 0 Å². The normalized spacial score (nSPS) is 21.2. The number of imidazole rings is 1. The molecule has 2 aromatic heterocycles. The molecule has 0 saturated carbocycles. The SMILES string of the molecule is O=c1[nH]c([C@@H]2CCCO2)nn2cncc12. The van der Waals surface area contributed by atoms with Crippen LogP contribution < -0.4 is 5.56 Å². The smallest absolute Gasteiger partial charge is 0.277 e. The maximum absolute atomic E-state index is 11.6. The Balaban J connectivity index is 2.15. The van der Waals surface area contributed by atoms with Crippen molar-refractivity contribution in [2.24, 2.45) is 0 Å². The molecule has 1 atom stereocenters. The second-order valence-corrected chi connectivity index (χ2v) is 3.56. The zero-order chi connectivity index (χ0) is 10.3. The topological polar surface area (TPSA) is 72.3 Å². The summed E-state index contributed by atoms with van der Waals surface area (Å²) in [7, 11) is 0.